The van der Waals surface area contributed by atoms with Crippen molar-refractivity contribution in [1.82, 2.24) is 19.9 Å². The van der Waals surface area contributed by atoms with Gasteiger partial charge in [0.1, 0.15) is 11.8 Å². The maximum Gasteiger partial charge on any atom is 0.182 e. The van der Waals surface area contributed by atoms with Crippen LogP contribution in [0.15, 0.2) is 47.9 Å². The van der Waals surface area contributed by atoms with Gasteiger partial charge in [0.05, 0.1) is 6.33 Å². The average Bonchev–Trinajstić information content (AvgIpc) is 2.95. The van der Waals surface area contributed by atoms with Gasteiger partial charge in [-0.25, -0.2) is 15.0 Å². The fourth-order valence-corrected chi connectivity index (χ4v) is 3.90. The lowest BCUT2D eigenvalue weighted by Gasteiger charge is -2.35. The molecule has 1 aliphatic carbocycles. The zero-order valence-corrected chi connectivity index (χ0v) is 12.2. The van der Waals surface area contributed by atoms with Gasteiger partial charge in [0.2, 0.25) is 0 Å². The molecule has 1 aromatic carbocycles. The number of imidazole rings is 1. The van der Waals surface area contributed by atoms with E-state index in [9.17, 15) is 0 Å². The second-order valence-electron chi connectivity index (χ2n) is 5.19. The number of aromatic nitrogens is 4. The highest BCUT2D eigenvalue weighted by molar-refractivity contribution is 8.00. The molecule has 21 heavy (non-hydrogen) atoms. The first-order valence-corrected chi connectivity index (χ1v) is 7.89. The Morgan fingerprint density at radius 2 is 1.95 bits per heavy atom. The van der Waals surface area contributed by atoms with Crippen LogP contribution in [0, 0.1) is 0 Å². The molecule has 1 aliphatic rings. The van der Waals surface area contributed by atoms with Crippen molar-refractivity contribution >= 4 is 28.7 Å². The van der Waals surface area contributed by atoms with Crippen molar-refractivity contribution in [3.63, 3.8) is 0 Å². The van der Waals surface area contributed by atoms with Crippen LogP contribution in [0.1, 0.15) is 12.8 Å². The van der Waals surface area contributed by atoms with Gasteiger partial charge in [0, 0.05) is 16.2 Å². The fourth-order valence-electron chi connectivity index (χ4n) is 2.54. The molecule has 3 aromatic rings. The molecule has 106 valence electrons. The van der Waals surface area contributed by atoms with Gasteiger partial charge in [-0.05, 0) is 25.0 Å². The second-order valence-corrected chi connectivity index (χ2v) is 6.56. The van der Waals surface area contributed by atoms with E-state index in [0.717, 1.165) is 24.2 Å². The van der Waals surface area contributed by atoms with Crippen LogP contribution in [-0.2, 0) is 0 Å². The summed E-state index contributed by atoms with van der Waals surface area (Å²) in [5.74, 6) is 0.852. The topological polar surface area (TPSA) is 66.5 Å². The van der Waals surface area contributed by atoms with Crippen LogP contribution in [0.5, 0.6) is 0 Å². The molecule has 0 unspecified atom stereocenters. The Balaban J connectivity index is 1.37. The van der Waals surface area contributed by atoms with E-state index in [-0.39, 0.29) is 0 Å². The van der Waals surface area contributed by atoms with Crippen molar-refractivity contribution in [2.24, 2.45) is 0 Å². The van der Waals surface area contributed by atoms with E-state index >= 15 is 0 Å². The highest BCUT2D eigenvalue weighted by atomic mass is 32.2. The molecular weight excluding hydrogens is 282 g/mol. The van der Waals surface area contributed by atoms with Gasteiger partial charge >= 0.3 is 0 Å². The molecule has 0 spiro atoms. The highest BCUT2D eigenvalue weighted by Crippen LogP contribution is 2.38. The first-order chi connectivity index (χ1) is 10.4. The number of fused-ring (bicyclic) bond motifs is 1. The normalized spacial score (nSPS) is 21.1. The predicted molar refractivity (Wildman–Crippen MR) is 84.4 cm³/mol. The van der Waals surface area contributed by atoms with E-state index in [1.54, 1.807) is 12.7 Å². The van der Waals surface area contributed by atoms with Gasteiger partial charge in [-0.15, -0.1) is 11.8 Å². The number of anilines is 1. The number of nitrogens with one attached hydrogen (secondary N) is 2. The predicted octanol–water partition coefficient (Wildman–Crippen LogP) is 3.09. The number of rotatable bonds is 4. The summed E-state index contributed by atoms with van der Waals surface area (Å²) in [6.45, 7) is 0. The Labute approximate surface area is 126 Å². The monoisotopic (exact) mass is 297 g/mol. The molecule has 1 fully saturated rings. The van der Waals surface area contributed by atoms with E-state index in [4.69, 9.17) is 0 Å². The van der Waals surface area contributed by atoms with Crippen LogP contribution in [0.3, 0.4) is 0 Å². The van der Waals surface area contributed by atoms with Crippen molar-refractivity contribution in [3.8, 4) is 0 Å². The lowest BCUT2D eigenvalue weighted by atomic mass is 9.92. The zero-order chi connectivity index (χ0) is 14.1. The van der Waals surface area contributed by atoms with E-state index < -0.39 is 0 Å². The third kappa shape index (κ3) is 2.58. The minimum absolute atomic E-state index is 0.479. The van der Waals surface area contributed by atoms with Crippen molar-refractivity contribution in [3.05, 3.63) is 43.0 Å². The van der Waals surface area contributed by atoms with Crippen LogP contribution in [0.2, 0.25) is 0 Å². The lowest BCUT2D eigenvalue weighted by Crippen LogP contribution is -2.37. The van der Waals surface area contributed by atoms with Gasteiger partial charge in [-0.3, -0.25) is 0 Å². The molecule has 0 atom stereocenters. The Kier molecular flexibility index (Phi) is 3.23. The molecule has 5 nitrogen and oxygen atoms in total. The molecule has 2 aromatic heterocycles. The molecule has 0 saturated heterocycles. The number of benzene rings is 1. The molecule has 4 rings (SSSR count). The number of nitrogens with zero attached hydrogens (tertiary/aromatic N) is 3. The van der Waals surface area contributed by atoms with Crippen LogP contribution >= 0.6 is 11.8 Å². The van der Waals surface area contributed by atoms with Crippen molar-refractivity contribution in [1.29, 1.82) is 0 Å². The Bertz CT molecular complexity index is 736. The zero-order valence-electron chi connectivity index (χ0n) is 11.4. The third-order valence-electron chi connectivity index (χ3n) is 3.70. The molecule has 0 radical (unpaired) electrons. The first kappa shape index (κ1) is 12.6. The largest absolute Gasteiger partial charge is 0.365 e. The van der Waals surface area contributed by atoms with E-state index in [1.165, 1.54) is 4.90 Å². The number of H-pyrrole nitrogens is 1. The van der Waals surface area contributed by atoms with Crippen molar-refractivity contribution in [2.45, 2.75) is 29.0 Å². The average molecular weight is 297 g/mol. The summed E-state index contributed by atoms with van der Waals surface area (Å²) in [7, 11) is 0. The fraction of sp³-hybridized carbons (Fsp3) is 0.267. The standard InChI is InChI=1S/C15H15N5S/c1-2-4-11(5-3-1)21-12-6-10(7-12)20-15-13-14(17-8-16-13)18-9-19-15/h1-5,8-10,12H,6-7H2,(H2,16,17,18,19,20). The highest BCUT2D eigenvalue weighted by Gasteiger charge is 2.30. The van der Waals surface area contributed by atoms with Gasteiger partial charge < -0.3 is 10.3 Å². The maximum absolute atomic E-state index is 4.31. The smallest absolute Gasteiger partial charge is 0.182 e. The Hall–Kier alpha value is -2.08. The van der Waals surface area contributed by atoms with Crippen LogP contribution < -0.4 is 5.32 Å². The minimum atomic E-state index is 0.479. The number of hydrogen-bond donors (Lipinski definition) is 2. The number of aromatic amines is 1. The van der Waals surface area contributed by atoms with Gasteiger partial charge in [0.15, 0.2) is 11.5 Å². The minimum Gasteiger partial charge on any atom is -0.365 e. The molecule has 2 N–H and O–H groups in total. The van der Waals surface area contributed by atoms with E-state index in [1.807, 2.05) is 11.8 Å². The van der Waals surface area contributed by atoms with Crippen LogP contribution in [0.4, 0.5) is 5.82 Å². The van der Waals surface area contributed by atoms with Crippen LogP contribution in [-0.4, -0.2) is 31.2 Å². The summed E-state index contributed by atoms with van der Waals surface area (Å²) in [6, 6.07) is 11.1. The summed E-state index contributed by atoms with van der Waals surface area (Å²) >= 11 is 1.96. The maximum atomic E-state index is 4.31. The second kappa shape index (κ2) is 5.37. The quantitative estimate of drug-likeness (QED) is 0.774. The van der Waals surface area contributed by atoms with Crippen molar-refractivity contribution < 1.29 is 0 Å². The number of thioether (sulfide) groups is 1. The Morgan fingerprint density at radius 1 is 1.10 bits per heavy atom. The molecule has 0 amide bonds. The molecule has 2 heterocycles. The third-order valence-corrected chi connectivity index (χ3v) is 4.97. The first-order valence-electron chi connectivity index (χ1n) is 7.01. The SMILES string of the molecule is c1ccc(SC2CC(Nc3ncnc4nc[nH]c34)C2)cc1. The summed E-state index contributed by atoms with van der Waals surface area (Å²) in [6.07, 6.45) is 5.51. The summed E-state index contributed by atoms with van der Waals surface area (Å²) in [4.78, 5) is 17.0. The van der Waals surface area contributed by atoms with Crippen LogP contribution in [0.25, 0.3) is 11.2 Å². The van der Waals surface area contributed by atoms with E-state index in [0.29, 0.717) is 16.9 Å². The van der Waals surface area contributed by atoms with E-state index in [2.05, 4.69) is 55.6 Å². The molecule has 1 saturated carbocycles. The number of hydrogen-bond acceptors (Lipinski definition) is 5. The summed E-state index contributed by atoms with van der Waals surface area (Å²) in [5.41, 5.74) is 1.60. The molecule has 0 bridgehead atoms. The molecule has 0 aliphatic heterocycles. The van der Waals surface area contributed by atoms with Gasteiger partial charge in [0.25, 0.3) is 0 Å². The van der Waals surface area contributed by atoms with Crippen molar-refractivity contribution in [2.75, 3.05) is 5.32 Å². The molecule has 6 heteroatoms. The van der Waals surface area contributed by atoms with Gasteiger partial charge in [-0.2, -0.15) is 0 Å². The lowest BCUT2D eigenvalue weighted by molar-refractivity contribution is 0.460. The summed E-state index contributed by atoms with van der Waals surface area (Å²) in [5, 5.41) is 4.17. The molecular formula is C15H15N5S. The summed E-state index contributed by atoms with van der Waals surface area (Å²) < 4.78 is 0. The Morgan fingerprint density at radius 3 is 2.81 bits per heavy atom. The van der Waals surface area contributed by atoms with Gasteiger partial charge in [-0.1, -0.05) is 18.2 Å².